The third-order valence-electron chi connectivity index (χ3n) is 5.44. The molecule has 0 fully saturated rings. The highest BCUT2D eigenvalue weighted by Crippen LogP contribution is 2.19. The molecule has 0 unspecified atom stereocenters. The lowest BCUT2D eigenvalue weighted by atomic mass is 9.96. The summed E-state index contributed by atoms with van der Waals surface area (Å²) in [5, 5.41) is 14.3. The second-order valence-corrected chi connectivity index (χ2v) is 8.05. The Bertz CT molecular complexity index is 920. The molecule has 0 aromatic heterocycles. The second-order valence-electron chi connectivity index (χ2n) is 8.05. The van der Waals surface area contributed by atoms with Gasteiger partial charge in [0.05, 0.1) is 13.2 Å². The van der Waals surface area contributed by atoms with Crippen LogP contribution in [-0.2, 0) is 20.8 Å². The molecule has 0 aliphatic heterocycles. The number of amides is 3. The molecule has 3 amide bonds. The molecule has 4 N–H and O–H groups in total. The monoisotopic (exact) mass is 485 g/mol. The van der Waals surface area contributed by atoms with Crippen LogP contribution in [0.4, 0.5) is 0 Å². The fourth-order valence-corrected chi connectivity index (χ4v) is 3.60. The van der Waals surface area contributed by atoms with E-state index in [2.05, 4.69) is 10.6 Å². The summed E-state index contributed by atoms with van der Waals surface area (Å²) in [4.78, 5) is 37.2. The highest BCUT2D eigenvalue weighted by molar-refractivity contribution is 5.90. The van der Waals surface area contributed by atoms with Gasteiger partial charge in [-0.3, -0.25) is 19.6 Å². The molecule has 0 saturated carbocycles. The van der Waals surface area contributed by atoms with Crippen LogP contribution in [0.15, 0.2) is 54.6 Å². The van der Waals surface area contributed by atoms with Crippen LogP contribution in [0, 0.1) is 5.92 Å². The van der Waals surface area contributed by atoms with Crippen molar-refractivity contribution in [2.24, 2.45) is 5.92 Å². The van der Waals surface area contributed by atoms with Crippen molar-refractivity contribution in [2.45, 2.75) is 45.1 Å². The second kappa shape index (κ2) is 15.3. The molecule has 0 bridgehead atoms. The number of rotatable bonds is 15. The highest BCUT2D eigenvalue weighted by atomic mass is 16.5. The maximum Gasteiger partial charge on any atom is 0.244 e. The first-order valence-electron chi connectivity index (χ1n) is 11.8. The molecule has 0 heterocycles. The summed E-state index contributed by atoms with van der Waals surface area (Å²) in [5.74, 6) is -0.595. The molecule has 0 aliphatic carbocycles. The van der Waals surface area contributed by atoms with E-state index in [9.17, 15) is 14.4 Å². The van der Waals surface area contributed by atoms with E-state index in [-0.39, 0.29) is 12.3 Å². The van der Waals surface area contributed by atoms with E-state index >= 15 is 0 Å². The van der Waals surface area contributed by atoms with Crippen LogP contribution < -0.4 is 25.6 Å². The van der Waals surface area contributed by atoms with Crippen LogP contribution >= 0.6 is 0 Å². The maximum absolute atomic E-state index is 13.0. The van der Waals surface area contributed by atoms with Crippen LogP contribution in [0.25, 0.3) is 0 Å². The lowest BCUT2D eigenvalue weighted by molar-refractivity contribution is -0.136. The largest absolute Gasteiger partial charge is 0.494 e. The quantitative estimate of drug-likeness (QED) is 0.175. The number of carbonyl (C=O) groups is 3. The van der Waals surface area contributed by atoms with Crippen molar-refractivity contribution in [1.29, 1.82) is 0 Å². The molecule has 190 valence electrons. The van der Waals surface area contributed by atoms with Crippen molar-refractivity contribution in [3.05, 3.63) is 60.2 Å². The molecule has 2 aromatic carbocycles. The summed E-state index contributed by atoms with van der Waals surface area (Å²) in [5.41, 5.74) is 2.48. The molecule has 9 nitrogen and oxygen atoms in total. The summed E-state index contributed by atoms with van der Waals surface area (Å²) in [7, 11) is 1.51. The Morgan fingerprint density at radius 1 is 0.914 bits per heavy atom. The molecule has 2 rings (SSSR count). The van der Waals surface area contributed by atoms with Crippen molar-refractivity contribution in [3.63, 3.8) is 0 Å². The zero-order valence-electron chi connectivity index (χ0n) is 20.3. The number of hydrogen-bond donors (Lipinski definition) is 4. The van der Waals surface area contributed by atoms with Crippen LogP contribution in [0.5, 0.6) is 11.5 Å². The molecule has 35 heavy (non-hydrogen) atoms. The van der Waals surface area contributed by atoms with E-state index in [4.69, 9.17) is 14.7 Å². The van der Waals surface area contributed by atoms with Crippen LogP contribution in [0.1, 0.15) is 38.2 Å². The topological polar surface area (TPSA) is 126 Å². The highest BCUT2D eigenvalue weighted by Gasteiger charge is 2.27. The maximum atomic E-state index is 13.0. The zero-order chi connectivity index (χ0) is 25.5. The molecule has 0 radical (unpaired) electrons. The van der Waals surface area contributed by atoms with E-state index in [0.717, 1.165) is 17.1 Å². The Morgan fingerprint density at radius 2 is 1.57 bits per heavy atom. The minimum absolute atomic E-state index is 0.187. The zero-order valence-corrected chi connectivity index (χ0v) is 20.3. The first kappa shape index (κ1) is 27.7. The summed E-state index contributed by atoms with van der Waals surface area (Å²) in [6.07, 6.45) is 1.82. The summed E-state index contributed by atoms with van der Waals surface area (Å²) in [6, 6.07) is 15.9. The van der Waals surface area contributed by atoms with Crippen molar-refractivity contribution in [2.75, 3.05) is 20.3 Å². The number of hydrogen-bond acceptors (Lipinski definition) is 6. The number of benzene rings is 2. The van der Waals surface area contributed by atoms with E-state index in [1.807, 2.05) is 61.5 Å². The average Bonchev–Trinajstić information content (AvgIpc) is 2.88. The van der Waals surface area contributed by atoms with Gasteiger partial charge in [0.1, 0.15) is 17.5 Å². The standard InChI is InChI=1S/C26H35N3O6/c1-3-34-21-12-14-22(15-13-21)35-16-8-7-11-20(18-24(30)29-33)25(31)28-23(26(32)27-2)17-19-9-5-4-6-10-19/h4-6,9-10,12-15,20,23,33H,3,7-8,11,16-18H2,1-2H3,(H,27,32)(H,28,31)(H,29,30)/t20-,23+/m1/s1. The first-order chi connectivity index (χ1) is 17.0. The number of unbranched alkanes of at least 4 members (excludes halogenated alkanes) is 1. The molecule has 0 spiro atoms. The van der Waals surface area contributed by atoms with Crippen molar-refractivity contribution in [3.8, 4) is 11.5 Å². The SMILES string of the molecule is CCOc1ccc(OCCCC[C@H](CC(=O)NO)C(=O)N[C@@H](Cc2ccccc2)C(=O)NC)cc1. The Balaban J connectivity index is 1.90. The minimum atomic E-state index is -0.780. The van der Waals surface area contributed by atoms with E-state index < -0.39 is 23.8 Å². The Morgan fingerprint density at radius 3 is 2.17 bits per heavy atom. The van der Waals surface area contributed by atoms with Gasteiger partial charge in [0, 0.05) is 25.8 Å². The molecule has 2 aromatic rings. The van der Waals surface area contributed by atoms with Crippen LogP contribution in [0.3, 0.4) is 0 Å². The van der Waals surface area contributed by atoms with E-state index in [1.54, 1.807) is 5.48 Å². The fraction of sp³-hybridized carbons (Fsp3) is 0.423. The predicted molar refractivity (Wildman–Crippen MR) is 131 cm³/mol. The summed E-state index contributed by atoms with van der Waals surface area (Å²) < 4.78 is 11.1. The van der Waals surface area contributed by atoms with Gasteiger partial charge in [0.2, 0.25) is 17.7 Å². The van der Waals surface area contributed by atoms with Gasteiger partial charge in [-0.15, -0.1) is 0 Å². The Hall–Kier alpha value is -3.59. The van der Waals surface area contributed by atoms with Crippen molar-refractivity contribution < 1.29 is 29.1 Å². The van der Waals surface area contributed by atoms with Gasteiger partial charge in [-0.2, -0.15) is 0 Å². The number of carbonyl (C=O) groups excluding carboxylic acids is 3. The summed E-state index contributed by atoms with van der Waals surface area (Å²) in [6.45, 7) is 2.97. The Labute approximate surface area is 206 Å². The molecular weight excluding hydrogens is 450 g/mol. The fourth-order valence-electron chi connectivity index (χ4n) is 3.60. The normalized spacial score (nSPS) is 12.2. The number of hydroxylamine groups is 1. The summed E-state index contributed by atoms with van der Waals surface area (Å²) >= 11 is 0. The minimum Gasteiger partial charge on any atom is -0.494 e. The lowest BCUT2D eigenvalue weighted by Gasteiger charge is -2.22. The lowest BCUT2D eigenvalue weighted by Crippen LogP contribution is -2.49. The van der Waals surface area contributed by atoms with Crippen LogP contribution in [0.2, 0.25) is 0 Å². The average molecular weight is 486 g/mol. The van der Waals surface area contributed by atoms with Gasteiger partial charge in [-0.1, -0.05) is 30.3 Å². The van der Waals surface area contributed by atoms with Crippen molar-refractivity contribution >= 4 is 17.7 Å². The first-order valence-corrected chi connectivity index (χ1v) is 11.8. The molecule has 0 aliphatic rings. The number of ether oxygens (including phenoxy) is 2. The number of nitrogens with one attached hydrogen (secondary N) is 3. The van der Waals surface area contributed by atoms with Gasteiger partial charge in [0.15, 0.2) is 0 Å². The van der Waals surface area contributed by atoms with Crippen molar-refractivity contribution in [1.82, 2.24) is 16.1 Å². The molecular formula is C26H35N3O6. The van der Waals surface area contributed by atoms with E-state index in [1.165, 1.54) is 7.05 Å². The van der Waals surface area contributed by atoms with Gasteiger partial charge in [-0.05, 0) is 56.0 Å². The van der Waals surface area contributed by atoms with E-state index in [0.29, 0.717) is 38.9 Å². The molecule has 0 saturated heterocycles. The molecule has 9 heteroatoms. The third-order valence-corrected chi connectivity index (χ3v) is 5.44. The van der Waals surface area contributed by atoms with Gasteiger partial charge >= 0.3 is 0 Å². The smallest absolute Gasteiger partial charge is 0.244 e. The van der Waals surface area contributed by atoms with Gasteiger partial charge in [-0.25, -0.2) is 5.48 Å². The van der Waals surface area contributed by atoms with Gasteiger partial charge in [0.25, 0.3) is 0 Å². The predicted octanol–water partition coefficient (Wildman–Crippen LogP) is 2.62. The van der Waals surface area contributed by atoms with Gasteiger partial charge < -0.3 is 20.1 Å². The van der Waals surface area contributed by atoms with Crippen LogP contribution in [-0.4, -0.2) is 49.2 Å². The Kier molecular flexibility index (Phi) is 12.1. The third kappa shape index (κ3) is 10.1. The number of likely N-dealkylation sites (N-methyl/N-ethyl adjacent to an activating group) is 1. The molecule has 2 atom stereocenters.